The molecule has 0 radical (unpaired) electrons. The van der Waals surface area contributed by atoms with E-state index in [-0.39, 0.29) is 31.1 Å². The normalized spacial score (nSPS) is 12.7. The van der Waals surface area contributed by atoms with Gasteiger partial charge in [0, 0.05) is 19.3 Å². The van der Waals surface area contributed by atoms with Crippen LogP contribution in [0.4, 0.5) is 0 Å². The van der Waals surface area contributed by atoms with Crippen LogP contribution < -0.4 is 0 Å². The third-order valence-corrected chi connectivity index (χ3v) is 14.8. The summed E-state index contributed by atoms with van der Waals surface area (Å²) in [5, 5.41) is 0. The van der Waals surface area contributed by atoms with E-state index in [4.69, 9.17) is 14.2 Å². The Morgan fingerprint density at radius 3 is 0.787 bits per heavy atom. The zero-order valence-electron chi connectivity index (χ0n) is 52.8. The van der Waals surface area contributed by atoms with Crippen LogP contribution in [0.3, 0.4) is 0 Å². The van der Waals surface area contributed by atoms with Crippen LogP contribution in [0.1, 0.15) is 335 Å². The zero-order chi connectivity index (χ0) is 57.8. The quantitative estimate of drug-likeness (QED) is 0.0261. The standard InChI is InChI=1S/C74H128O6/c1-4-7-10-13-16-19-22-25-28-30-31-32-33-34-35-36-37-38-39-40-41-42-44-46-49-52-55-58-61-64-67-73(76)79-70-71(69-78-72(75)66-63-60-57-54-51-48-45-27-24-21-18-15-12-9-6-3)80-74(77)68-65-62-59-56-53-50-47-43-29-26-23-20-17-14-11-8-5-2/h8-9,11-12,17-18,20-21,26-27,29,45,47,50-51,54,71H,4-7,10,13-16,19,22-25,28,30-44,46,48-49,52-53,55-70H2,1-3H3/b11-8-,12-9-,20-17-,21-18-,29-26-,45-27-,50-47-,54-51-. The molecule has 80 heavy (non-hydrogen) atoms. The van der Waals surface area contributed by atoms with Crippen LogP contribution in [0.5, 0.6) is 0 Å². The fourth-order valence-electron chi connectivity index (χ4n) is 9.78. The van der Waals surface area contributed by atoms with E-state index >= 15 is 0 Å². The predicted octanol–water partition coefficient (Wildman–Crippen LogP) is 23.6. The van der Waals surface area contributed by atoms with Crippen molar-refractivity contribution in [1.29, 1.82) is 0 Å². The van der Waals surface area contributed by atoms with Gasteiger partial charge in [0.05, 0.1) is 0 Å². The average molecular weight is 1110 g/mol. The Bertz CT molecular complexity index is 1560. The van der Waals surface area contributed by atoms with Gasteiger partial charge >= 0.3 is 17.9 Å². The summed E-state index contributed by atoms with van der Waals surface area (Å²) >= 11 is 0. The van der Waals surface area contributed by atoms with Crippen LogP contribution in [0, 0.1) is 0 Å². The molecule has 0 saturated carbocycles. The Hall–Kier alpha value is -3.67. The first kappa shape index (κ1) is 76.3. The third-order valence-electron chi connectivity index (χ3n) is 14.8. The molecular formula is C74H128O6. The molecule has 0 saturated heterocycles. The second-order valence-corrected chi connectivity index (χ2v) is 22.7. The highest BCUT2D eigenvalue weighted by atomic mass is 16.6. The molecule has 6 nitrogen and oxygen atoms in total. The number of rotatable bonds is 62. The molecule has 6 heteroatoms. The van der Waals surface area contributed by atoms with Gasteiger partial charge in [-0.3, -0.25) is 14.4 Å². The van der Waals surface area contributed by atoms with Gasteiger partial charge in [-0.2, -0.15) is 0 Å². The van der Waals surface area contributed by atoms with Crippen molar-refractivity contribution in [2.24, 2.45) is 0 Å². The lowest BCUT2D eigenvalue weighted by atomic mass is 10.0. The number of allylic oxidation sites excluding steroid dienone is 16. The molecule has 0 amide bonds. The van der Waals surface area contributed by atoms with Gasteiger partial charge in [-0.15, -0.1) is 0 Å². The minimum Gasteiger partial charge on any atom is -0.462 e. The maximum atomic E-state index is 12.9. The van der Waals surface area contributed by atoms with Gasteiger partial charge in [0.25, 0.3) is 0 Å². The number of carbonyl (C=O) groups is 3. The lowest BCUT2D eigenvalue weighted by Gasteiger charge is -2.18. The number of hydrogen-bond donors (Lipinski definition) is 0. The fourth-order valence-corrected chi connectivity index (χ4v) is 9.78. The summed E-state index contributed by atoms with van der Waals surface area (Å²) in [4.78, 5) is 38.3. The molecule has 0 fully saturated rings. The van der Waals surface area contributed by atoms with E-state index in [2.05, 4.69) is 118 Å². The number of hydrogen-bond acceptors (Lipinski definition) is 6. The van der Waals surface area contributed by atoms with E-state index in [1.54, 1.807) is 0 Å². The smallest absolute Gasteiger partial charge is 0.306 e. The largest absolute Gasteiger partial charge is 0.462 e. The van der Waals surface area contributed by atoms with Crippen molar-refractivity contribution in [3.05, 3.63) is 97.2 Å². The highest BCUT2D eigenvalue weighted by Crippen LogP contribution is 2.18. The topological polar surface area (TPSA) is 78.9 Å². The molecule has 0 spiro atoms. The van der Waals surface area contributed by atoms with E-state index in [0.29, 0.717) is 19.3 Å². The zero-order valence-corrected chi connectivity index (χ0v) is 52.8. The molecule has 0 aromatic carbocycles. The average Bonchev–Trinajstić information content (AvgIpc) is 3.46. The Morgan fingerprint density at radius 2 is 0.487 bits per heavy atom. The van der Waals surface area contributed by atoms with Crippen molar-refractivity contribution in [2.75, 3.05) is 13.2 Å². The van der Waals surface area contributed by atoms with Crippen molar-refractivity contribution in [3.63, 3.8) is 0 Å². The molecule has 0 heterocycles. The third kappa shape index (κ3) is 65.1. The van der Waals surface area contributed by atoms with Crippen molar-refractivity contribution >= 4 is 17.9 Å². The predicted molar refractivity (Wildman–Crippen MR) is 348 cm³/mol. The Labute approximate surface area is 496 Å². The molecule has 0 N–H and O–H groups in total. The van der Waals surface area contributed by atoms with E-state index in [1.165, 1.54) is 173 Å². The highest BCUT2D eigenvalue weighted by molar-refractivity contribution is 5.71. The van der Waals surface area contributed by atoms with Crippen molar-refractivity contribution < 1.29 is 28.6 Å². The lowest BCUT2D eigenvalue weighted by Crippen LogP contribution is -2.30. The van der Waals surface area contributed by atoms with Gasteiger partial charge in [0.2, 0.25) is 0 Å². The van der Waals surface area contributed by atoms with Gasteiger partial charge in [-0.25, -0.2) is 0 Å². The van der Waals surface area contributed by atoms with E-state index in [0.717, 1.165) is 122 Å². The summed E-state index contributed by atoms with van der Waals surface area (Å²) in [5.41, 5.74) is 0. The van der Waals surface area contributed by atoms with Crippen molar-refractivity contribution in [2.45, 2.75) is 341 Å². The van der Waals surface area contributed by atoms with Gasteiger partial charge in [0.1, 0.15) is 13.2 Å². The van der Waals surface area contributed by atoms with Gasteiger partial charge in [-0.05, 0) is 96.3 Å². The summed E-state index contributed by atoms with van der Waals surface area (Å²) in [7, 11) is 0. The monoisotopic (exact) mass is 1110 g/mol. The molecule has 0 aliphatic carbocycles. The summed E-state index contributed by atoms with van der Waals surface area (Å²) in [5.74, 6) is -0.955. The first-order valence-corrected chi connectivity index (χ1v) is 34.2. The number of ether oxygens (including phenoxy) is 3. The highest BCUT2D eigenvalue weighted by Gasteiger charge is 2.19. The molecule has 1 unspecified atom stereocenters. The summed E-state index contributed by atoms with van der Waals surface area (Å²) in [6, 6.07) is 0. The second-order valence-electron chi connectivity index (χ2n) is 22.7. The molecular weight excluding hydrogens is 985 g/mol. The minimum atomic E-state index is -0.809. The Morgan fingerprint density at radius 1 is 0.263 bits per heavy atom. The minimum absolute atomic E-state index is 0.0991. The van der Waals surface area contributed by atoms with Crippen LogP contribution in [0.2, 0.25) is 0 Å². The van der Waals surface area contributed by atoms with Crippen molar-refractivity contribution in [3.8, 4) is 0 Å². The van der Waals surface area contributed by atoms with Crippen LogP contribution >= 0.6 is 0 Å². The lowest BCUT2D eigenvalue weighted by molar-refractivity contribution is -0.167. The molecule has 0 aliphatic rings. The van der Waals surface area contributed by atoms with Crippen molar-refractivity contribution in [1.82, 2.24) is 0 Å². The maximum absolute atomic E-state index is 12.9. The molecule has 0 aromatic heterocycles. The summed E-state index contributed by atoms with van der Waals surface area (Å²) in [6.45, 7) is 6.39. The summed E-state index contributed by atoms with van der Waals surface area (Å²) < 4.78 is 16.9. The van der Waals surface area contributed by atoms with Gasteiger partial charge in [0.15, 0.2) is 6.10 Å². The molecule has 460 valence electrons. The molecule has 0 aromatic rings. The van der Waals surface area contributed by atoms with Crippen LogP contribution in [-0.2, 0) is 28.6 Å². The molecule has 0 bridgehead atoms. The van der Waals surface area contributed by atoms with Crippen LogP contribution in [-0.4, -0.2) is 37.2 Å². The Kier molecular flexibility index (Phi) is 64.7. The SMILES string of the molecule is CC/C=C\C/C=C\C/C=C\C/C=C\CCCCCCC(=O)OC(COC(=O)CCCC/C=C\C/C=C\C/C=C\C/C=C\CC)COC(=O)CCCCCCCCCCCCCCCCCCCCCCCCCCCCCCCC. The van der Waals surface area contributed by atoms with Gasteiger partial charge < -0.3 is 14.2 Å². The van der Waals surface area contributed by atoms with E-state index in [1.807, 2.05) is 0 Å². The molecule has 1 atom stereocenters. The fraction of sp³-hybridized carbons (Fsp3) is 0.743. The van der Waals surface area contributed by atoms with Crippen LogP contribution in [0.25, 0.3) is 0 Å². The van der Waals surface area contributed by atoms with E-state index < -0.39 is 6.10 Å². The van der Waals surface area contributed by atoms with E-state index in [9.17, 15) is 14.4 Å². The number of esters is 3. The first-order valence-electron chi connectivity index (χ1n) is 34.2. The van der Waals surface area contributed by atoms with Crippen LogP contribution in [0.15, 0.2) is 97.2 Å². The first-order chi connectivity index (χ1) is 39.5. The molecule has 0 rings (SSSR count). The number of carbonyl (C=O) groups excluding carboxylic acids is 3. The molecule has 0 aliphatic heterocycles. The number of unbranched alkanes of at least 4 members (excludes halogenated alkanes) is 35. The second kappa shape index (κ2) is 67.8. The maximum Gasteiger partial charge on any atom is 0.306 e. The summed E-state index contributed by atoms with van der Waals surface area (Å²) in [6.07, 6.45) is 91.7. The van der Waals surface area contributed by atoms with Gasteiger partial charge in [-0.1, -0.05) is 317 Å². The Balaban J connectivity index is 4.26.